The molecule has 0 spiro atoms. The van der Waals surface area contributed by atoms with Gasteiger partial charge in [0.05, 0.1) is 17.7 Å². The minimum atomic E-state index is -3.73. The van der Waals surface area contributed by atoms with Crippen LogP contribution in [0.15, 0.2) is 58.0 Å². The molecule has 3 rings (SSSR count). The van der Waals surface area contributed by atoms with Gasteiger partial charge >= 0.3 is 0 Å². The third-order valence-corrected chi connectivity index (χ3v) is 6.91. The molecule has 6 heteroatoms. The predicted octanol–water partition coefficient (Wildman–Crippen LogP) is 2.68. The number of hydrogen-bond donors (Lipinski definition) is 1. The lowest BCUT2D eigenvalue weighted by Gasteiger charge is -2.27. The second-order valence-corrected chi connectivity index (χ2v) is 8.04. The summed E-state index contributed by atoms with van der Waals surface area (Å²) in [4.78, 5) is 13.0. The zero-order valence-electron chi connectivity index (χ0n) is 12.7. The van der Waals surface area contributed by atoms with Gasteiger partial charge in [-0.3, -0.25) is 4.79 Å². The maximum Gasteiger partial charge on any atom is 0.242 e. The van der Waals surface area contributed by atoms with E-state index in [9.17, 15) is 13.2 Å². The van der Waals surface area contributed by atoms with E-state index in [-0.39, 0.29) is 11.4 Å². The number of carbonyl (C=O) groups excluding carboxylic acids is 1. The van der Waals surface area contributed by atoms with Crippen LogP contribution >= 0.6 is 0 Å². The number of sulfone groups is 1. The van der Waals surface area contributed by atoms with Gasteiger partial charge in [0.1, 0.15) is 5.76 Å². The lowest BCUT2D eigenvalue weighted by Crippen LogP contribution is -2.50. The summed E-state index contributed by atoms with van der Waals surface area (Å²) in [6, 6.07) is 11.7. The van der Waals surface area contributed by atoms with Gasteiger partial charge in [0.2, 0.25) is 5.91 Å². The monoisotopic (exact) mass is 333 g/mol. The predicted molar refractivity (Wildman–Crippen MR) is 85.4 cm³/mol. The van der Waals surface area contributed by atoms with Crippen molar-refractivity contribution in [3.8, 4) is 0 Å². The fraction of sp³-hybridized carbons (Fsp3) is 0.353. The second-order valence-electron chi connectivity index (χ2n) is 5.78. The van der Waals surface area contributed by atoms with E-state index in [2.05, 4.69) is 5.32 Å². The Morgan fingerprint density at radius 2 is 1.78 bits per heavy atom. The van der Waals surface area contributed by atoms with Crippen LogP contribution in [0.25, 0.3) is 0 Å². The lowest BCUT2D eigenvalue weighted by atomic mass is 10.1. The van der Waals surface area contributed by atoms with Gasteiger partial charge in [0.15, 0.2) is 14.6 Å². The molecule has 1 N–H and O–H groups in total. The number of carbonyl (C=O) groups is 1. The van der Waals surface area contributed by atoms with Crippen LogP contribution in [0.2, 0.25) is 0 Å². The summed E-state index contributed by atoms with van der Waals surface area (Å²) in [5, 5.41) is 2.73. The smallest absolute Gasteiger partial charge is 0.242 e. The van der Waals surface area contributed by atoms with Gasteiger partial charge in [-0.2, -0.15) is 0 Å². The van der Waals surface area contributed by atoms with Crippen molar-refractivity contribution in [1.82, 2.24) is 5.32 Å². The quantitative estimate of drug-likeness (QED) is 0.913. The molecule has 1 heterocycles. The number of benzene rings is 1. The Bertz CT molecular complexity index is 760. The molecule has 0 unspecified atom stereocenters. The van der Waals surface area contributed by atoms with Crippen LogP contribution in [0.4, 0.5) is 0 Å². The zero-order chi connectivity index (χ0) is 16.3. The molecule has 2 aromatic rings. The summed E-state index contributed by atoms with van der Waals surface area (Å²) in [5.74, 6) is 0.166. The normalized spacial score (nSPS) is 17.0. The van der Waals surface area contributed by atoms with Crippen LogP contribution in [0.3, 0.4) is 0 Å². The molecule has 1 amide bonds. The van der Waals surface area contributed by atoms with Crippen LogP contribution in [0.1, 0.15) is 31.4 Å². The molecule has 1 aliphatic rings. The van der Waals surface area contributed by atoms with Crippen molar-refractivity contribution in [2.75, 3.05) is 0 Å². The van der Waals surface area contributed by atoms with E-state index in [0.717, 1.165) is 12.8 Å². The zero-order valence-corrected chi connectivity index (χ0v) is 13.5. The minimum Gasteiger partial charge on any atom is -0.467 e. The van der Waals surface area contributed by atoms with Crippen LogP contribution < -0.4 is 5.32 Å². The van der Waals surface area contributed by atoms with Crippen molar-refractivity contribution >= 4 is 15.7 Å². The van der Waals surface area contributed by atoms with E-state index in [1.807, 2.05) is 0 Å². The average Bonchev–Trinajstić information content (AvgIpc) is 3.25. The van der Waals surface area contributed by atoms with Gasteiger partial charge in [-0.15, -0.1) is 0 Å². The molecule has 122 valence electrons. The first-order valence-electron chi connectivity index (χ1n) is 7.67. The Kier molecular flexibility index (Phi) is 4.26. The van der Waals surface area contributed by atoms with Crippen LogP contribution in [0.5, 0.6) is 0 Å². The number of amides is 1. The van der Waals surface area contributed by atoms with Crippen LogP contribution in [-0.4, -0.2) is 19.1 Å². The number of furan rings is 1. The van der Waals surface area contributed by atoms with E-state index < -0.39 is 20.5 Å². The molecule has 0 aliphatic heterocycles. The van der Waals surface area contributed by atoms with Gasteiger partial charge in [-0.1, -0.05) is 31.0 Å². The highest BCUT2D eigenvalue weighted by Crippen LogP contribution is 2.40. The van der Waals surface area contributed by atoms with Crippen molar-refractivity contribution < 1.29 is 17.6 Å². The Morgan fingerprint density at radius 3 is 2.39 bits per heavy atom. The molecule has 1 aliphatic carbocycles. The maximum absolute atomic E-state index is 13.1. The molecule has 0 radical (unpaired) electrons. The third-order valence-electron chi connectivity index (χ3n) is 4.40. The molecule has 0 atom stereocenters. The molecule has 1 fully saturated rings. The molecule has 1 aromatic heterocycles. The molecule has 0 saturated heterocycles. The summed E-state index contributed by atoms with van der Waals surface area (Å²) in [7, 11) is -3.73. The van der Waals surface area contributed by atoms with Crippen molar-refractivity contribution in [2.24, 2.45) is 0 Å². The molecular formula is C17H19NO4S. The van der Waals surface area contributed by atoms with Crippen LogP contribution in [-0.2, 0) is 21.2 Å². The number of rotatable bonds is 5. The SMILES string of the molecule is O=C(NCc1ccco1)C1(S(=O)(=O)c2ccccc2)CCCC1. The van der Waals surface area contributed by atoms with Crippen molar-refractivity contribution in [3.05, 3.63) is 54.5 Å². The van der Waals surface area contributed by atoms with Gasteiger partial charge in [0, 0.05) is 0 Å². The molecular weight excluding hydrogens is 314 g/mol. The van der Waals surface area contributed by atoms with Crippen molar-refractivity contribution in [1.29, 1.82) is 0 Å². The molecule has 23 heavy (non-hydrogen) atoms. The van der Waals surface area contributed by atoms with E-state index in [1.165, 1.54) is 6.26 Å². The Morgan fingerprint density at radius 1 is 1.09 bits per heavy atom. The average molecular weight is 333 g/mol. The Labute approximate surface area is 135 Å². The summed E-state index contributed by atoms with van der Waals surface area (Å²) in [6.45, 7) is 0.192. The van der Waals surface area contributed by atoms with Gasteiger partial charge in [-0.25, -0.2) is 8.42 Å². The van der Waals surface area contributed by atoms with E-state index in [1.54, 1.807) is 42.5 Å². The second kappa shape index (κ2) is 6.20. The van der Waals surface area contributed by atoms with Gasteiger partial charge < -0.3 is 9.73 Å². The third kappa shape index (κ3) is 2.79. The summed E-state index contributed by atoms with van der Waals surface area (Å²) < 4.78 is 30.0. The standard InChI is InChI=1S/C17H19NO4S/c19-16(18-13-14-7-6-12-22-14)17(10-4-5-11-17)23(20,21)15-8-2-1-3-9-15/h1-3,6-9,12H,4-5,10-11,13H2,(H,18,19). The minimum absolute atomic E-state index is 0.192. The highest BCUT2D eigenvalue weighted by molar-refractivity contribution is 7.93. The van der Waals surface area contributed by atoms with Crippen molar-refractivity contribution in [3.63, 3.8) is 0 Å². The fourth-order valence-electron chi connectivity index (χ4n) is 3.13. The molecule has 0 bridgehead atoms. The van der Waals surface area contributed by atoms with Gasteiger partial charge in [-0.05, 0) is 37.1 Å². The fourth-order valence-corrected chi connectivity index (χ4v) is 5.24. The van der Waals surface area contributed by atoms with E-state index in [4.69, 9.17) is 4.42 Å². The summed E-state index contributed by atoms with van der Waals surface area (Å²) >= 11 is 0. The Balaban J connectivity index is 1.89. The first-order valence-corrected chi connectivity index (χ1v) is 9.15. The molecule has 5 nitrogen and oxygen atoms in total. The summed E-state index contributed by atoms with van der Waals surface area (Å²) in [5.41, 5.74) is 0. The lowest BCUT2D eigenvalue weighted by molar-refractivity contribution is -0.123. The number of hydrogen-bond acceptors (Lipinski definition) is 4. The first kappa shape index (κ1) is 15.8. The first-order chi connectivity index (χ1) is 11.1. The highest BCUT2D eigenvalue weighted by atomic mass is 32.2. The highest BCUT2D eigenvalue weighted by Gasteiger charge is 2.52. The van der Waals surface area contributed by atoms with Gasteiger partial charge in [0.25, 0.3) is 0 Å². The summed E-state index contributed by atoms with van der Waals surface area (Å²) in [6.07, 6.45) is 3.70. The van der Waals surface area contributed by atoms with E-state index >= 15 is 0 Å². The topological polar surface area (TPSA) is 76.4 Å². The maximum atomic E-state index is 13.1. The number of nitrogens with one attached hydrogen (secondary N) is 1. The Hall–Kier alpha value is -2.08. The van der Waals surface area contributed by atoms with Crippen LogP contribution in [0, 0.1) is 0 Å². The molecule has 1 saturated carbocycles. The van der Waals surface area contributed by atoms with Crippen molar-refractivity contribution in [2.45, 2.75) is 41.9 Å². The molecule has 1 aromatic carbocycles. The van der Waals surface area contributed by atoms with E-state index in [0.29, 0.717) is 18.6 Å². The largest absolute Gasteiger partial charge is 0.467 e.